The first kappa shape index (κ1) is 14.7. The van der Waals surface area contributed by atoms with E-state index < -0.39 is 11.8 Å². The van der Waals surface area contributed by atoms with Crippen LogP contribution in [0.25, 0.3) is 10.9 Å². The number of primary amides is 1. The molecule has 0 saturated carbocycles. The number of aryl methyl sites for hydroxylation is 1. The SMILES string of the molecule is COC[C@@H]1C[C@H](C(N)=O)c2nc3cccc(C)c3c(=O)n2C1. The molecule has 2 atom stereocenters. The molecule has 116 valence electrons. The highest BCUT2D eigenvalue weighted by Gasteiger charge is 2.33. The predicted octanol–water partition coefficient (Wildman–Crippen LogP) is 0.940. The third-order valence-corrected chi connectivity index (χ3v) is 4.29. The van der Waals surface area contributed by atoms with Gasteiger partial charge in [-0.2, -0.15) is 0 Å². The lowest BCUT2D eigenvalue weighted by Crippen LogP contribution is -2.40. The lowest BCUT2D eigenvalue weighted by molar-refractivity contribution is -0.120. The molecule has 0 fully saturated rings. The molecule has 2 N–H and O–H groups in total. The molecule has 0 aliphatic carbocycles. The number of carbonyl (C=O) groups is 1. The molecule has 1 aromatic heterocycles. The van der Waals surface area contributed by atoms with E-state index >= 15 is 0 Å². The van der Waals surface area contributed by atoms with Gasteiger partial charge in [-0.1, -0.05) is 12.1 Å². The second kappa shape index (κ2) is 5.53. The van der Waals surface area contributed by atoms with Crippen LogP contribution in [0.4, 0.5) is 0 Å². The molecule has 2 heterocycles. The zero-order chi connectivity index (χ0) is 15.9. The summed E-state index contributed by atoms with van der Waals surface area (Å²) < 4.78 is 6.78. The van der Waals surface area contributed by atoms with E-state index in [2.05, 4.69) is 4.98 Å². The smallest absolute Gasteiger partial charge is 0.261 e. The van der Waals surface area contributed by atoms with Crippen LogP contribution < -0.4 is 11.3 Å². The molecule has 0 spiro atoms. The molecule has 22 heavy (non-hydrogen) atoms. The molecule has 1 aliphatic rings. The van der Waals surface area contributed by atoms with E-state index in [1.165, 1.54) is 0 Å². The first-order chi connectivity index (χ1) is 10.5. The molecule has 2 aromatic rings. The minimum Gasteiger partial charge on any atom is -0.384 e. The Hall–Kier alpha value is -2.21. The van der Waals surface area contributed by atoms with Crippen molar-refractivity contribution in [2.24, 2.45) is 11.7 Å². The number of carbonyl (C=O) groups excluding carboxylic acids is 1. The van der Waals surface area contributed by atoms with Crippen LogP contribution in [0.1, 0.15) is 23.7 Å². The van der Waals surface area contributed by atoms with Crippen molar-refractivity contribution in [1.82, 2.24) is 9.55 Å². The highest BCUT2D eigenvalue weighted by molar-refractivity contribution is 5.84. The minimum absolute atomic E-state index is 0.0796. The second-order valence-corrected chi connectivity index (χ2v) is 5.87. The van der Waals surface area contributed by atoms with E-state index in [0.717, 1.165) is 5.56 Å². The number of nitrogens with two attached hydrogens (primary N) is 1. The van der Waals surface area contributed by atoms with Gasteiger partial charge in [0.05, 0.1) is 23.4 Å². The molecular formula is C16H19N3O3. The number of ether oxygens (including phenoxy) is 1. The Bertz CT molecular complexity index is 797. The Morgan fingerprint density at radius 3 is 2.95 bits per heavy atom. The minimum atomic E-state index is -0.550. The normalized spacial score (nSPS) is 20.8. The monoisotopic (exact) mass is 301 g/mol. The third-order valence-electron chi connectivity index (χ3n) is 4.29. The Kier molecular flexibility index (Phi) is 3.70. The summed E-state index contributed by atoms with van der Waals surface area (Å²) in [6, 6.07) is 5.54. The van der Waals surface area contributed by atoms with Crippen LogP contribution >= 0.6 is 0 Å². The van der Waals surface area contributed by atoms with E-state index in [1.54, 1.807) is 17.7 Å². The molecule has 0 bridgehead atoms. The van der Waals surface area contributed by atoms with Crippen molar-refractivity contribution in [3.63, 3.8) is 0 Å². The van der Waals surface area contributed by atoms with E-state index in [0.29, 0.717) is 36.3 Å². The number of hydrogen-bond acceptors (Lipinski definition) is 4. The number of hydrogen-bond donors (Lipinski definition) is 1. The summed E-state index contributed by atoms with van der Waals surface area (Å²) in [6.45, 7) is 2.88. The number of methoxy groups -OCH3 is 1. The van der Waals surface area contributed by atoms with Crippen molar-refractivity contribution >= 4 is 16.8 Å². The number of rotatable bonds is 3. The summed E-state index contributed by atoms with van der Waals surface area (Å²) in [6.07, 6.45) is 0.562. The van der Waals surface area contributed by atoms with Crippen LogP contribution in [0.15, 0.2) is 23.0 Å². The van der Waals surface area contributed by atoms with E-state index in [-0.39, 0.29) is 11.5 Å². The fraction of sp³-hybridized carbons (Fsp3) is 0.438. The van der Waals surface area contributed by atoms with Crippen molar-refractivity contribution in [3.05, 3.63) is 39.9 Å². The summed E-state index contributed by atoms with van der Waals surface area (Å²) in [5.74, 6) is -0.445. The largest absolute Gasteiger partial charge is 0.384 e. The standard InChI is InChI=1S/C16H19N3O3/c1-9-4-3-5-12-13(9)16(21)19-7-10(8-22-2)6-11(14(17)20)15(19)18-12/h3-5,10-11H,6-8H2,1-2H3,(H2,17,20)/t10-,11-/m1/s1. The molecule has 0 saturated heterocycles. The highest BCUT2D eigenvalue weighted by atomic mass is 16.5. The van der Waals surface area contributed by atoms with Gasteiger partial charge in [0.1, 0.15) is 5.82 Å². The summed E-state index contributed by atoms with van der Waals surface area (Å²) in [4.78, 5) is 29.2. The summed E-state index contributed by atoms with van der Waals surface area (Å²) in [5, 5.41) is 0.604. The van der Waals surface area contributed by atoms with Crippen LogP contribution in [0, 0.1) is 12.8 Å². The highest BCUT2D eigenvalue weighted by Crippen LogP contribution is 2.29. The number of aromatic nitrogens is 2. The first-order valence-corrected chi connectivity index (χ1v) is 7.31. The van der Waals surface area contributed by atoms with Crippen molar-refractivity contribution in [1.29, 1.82) is 0 Å². The van der Waals surface area contributed by atoms with Crippen molar-refractivity contribution in [3.8, 4) is 0 Å². The Morgan fingerprint density at radius 1 is 1.50 bits per heavy atom. The van der Waals surface area contributed by atoms with Gasteiger partial charge in [-0.3, -0.25) is 14.2 Å². The summed E-state index contributed by atoms with van der Waals surface area (Å²) >= 11 is 0. The van der Waals surface area contributed by atoms with Crippen molar-refractivity contribution in [2.45, 2.75) is 25.8 Å². The Labute approximate surface area is 127 Å². The molecule has 6 nitrogen and oxygen atoms in total. The van der Waals surface area contributed by atoms with Gasteiger partial charge in [0.15, 0.2) is 0 Å². The zero-order valence-electron chi connectivity index (χ0n) is 12.7. The lowest BCUT2D eigenvalue weighted by atomic mass is 9.89. The van der Waals surface area contributed by atoms with Crippen molar-refractivity contribution in [2.75, 3.05) is 13.7 Å². The predicted molar refractivity (Wildman–Crippen MR) is 82.7 cm³/mol. The third kappa shape index (κ3) is 2.29. The summed E-state index contributed by atoms with van der Waals surface area (Å²) in [5.41, 5.74) is 6.93. The van der Waals surface area contributed by atoms with Gasteiger partial charge >= 0.3 is 0 Å². The van der Waals surface area contributed by atoms with E-state index in [9.17, 15) is 9.59 Å². The second-order valence-electron chi connectivity index (χ2n) is 5.87. The number of fused-ring (bicyclic) bond motifs is 2. The zero-order valence-corrected chi connectivity index (χ0v) is 12.7. The van der Waals surface area contributed by atoms with Crippen molar-refractivity contribution < 1.29 is 9.53 Å². The van der Waals surface area contributed by atoms with Gasteiger partial charge in [0, 0.05) is 19.6 Å². The molecule has 6 heteroatoms. The quantitative estimate of drug-likeness (QED) is 0.914. The maximum Gasteiger partial charge on any atom is 0.261 e. The lowest BCUT2D eigenvalue weighted by Gasteiger charge is -2.30. The molecule has 1 aromatic carbocycles. The molecule has 1 aliphatic heterocycles. The Balaban J connectivity index is 2.25. The van der Waals surface area contributed by atoms with Gasteiger partial charge in [-0.25, -0.2) is 4.98 Å². The van der Waals surface area contributed by atoms with Gasteiger partial charge in [-0.05, 0) is 25.0 Å². The topological polar surface area (TPSA) is 87.2 Å². The number of benzene rings is 1. The molecule has 3 rings (SSSR count). The van der Waals surface area contributed by atoms with Gasteiger partial charge in [-0.15, -0.1) is 0 Å². The molecule has 0 radical (unpaired) electrons. The van der Waals surface area contributed by atoms with Crippen LogP contribution in [0.3, 0.4) is 0 Å². The van der Waals surface area contributed by atoms with Crippen LogP contribution in [-0.2, 0) is 16.1 Å². The fourth-order valence-corrected chi connectivity index (χ4v) is 3.26. The number of amides is 1. The van der Waals surface area contributed by atoms with Crippen LogP contribution in [0.2, 0.25) is 0 Å². The van der Waals surface area contributed by atoms with Gasteiger partial charge in [0.25, 0.3) is 5.56 Å². The number of nitrogens with zero attached hydrogens (tertiary/aromatic N) is 2. The molecular weight excluding hydrogens is 282 g/mol. The molecule has 1 amide bonds. The maximum absolute atomic E-state index is 12.8. The Morgan fingerprint density at radius 2 is 2.27 bits per heavy atom. The van der Waals surface area contributed by atoms with Gasteiger partial charge in [0.2, 0.25) is 5.91 Å². The van der Waals surface area contributed by atoms with Gasteiger partial charge < -0.3 is 10.5 Å². The maximum atomic E-state index is 12.8. The average molecular weight is 301 g/mol. The van der Waals surface area contributed by atoms with E-state index in [4.69, 9.17) is 10.5 Å². The fourth-order valence-electron chi connectivity index (χ4n) is 3.26. The first-order valence-electron chi connectivity index (χ1n) is 7.31. The average Bonchev–Trinajstić information content (AvgIpc) is 2.47. The molecule has 0 unspecified atom stereocenters. The summed E-state index contributed by atoms with van der Waals surface area (Å²) in [7, 11) is 1.61. The van der Waals surface area contributed by atoms with Crippen LogP contribution in [0.5, 0.6) is 0 Å². The van der Waals surface area contributed by atoms with E-state index in [1.807, 2.05) is 19.1 Å². The van der Waals surface area contributed by atoms with Crippen LogP contribution in [-0.4, -0.2) is 29.2 Å².